The second-order valence-electron chi connectivity index (χ2n) is 8.29. The van der Waals surface area contributed by atoms with Crippen LogP contribution in [0.5, 0.6) is 0 Å². The molecular weight excluding hydrogens is 374 g/mol. The number of hydrogen-bond acceptors (Lipinski definition) is 6. The highest BCUT2D eigenvalue weighted by Gasteiger charge is 2.31. The molecule has 1 aliphatic heterocycles. The van der Waals surface area contributed by atoms with E-state index in [4.69, 9.17) is 4.74 Å². The third-order valence-corrected chi connectivity index (χ3v) is 5.99. The van der Waals surface area contributed by atoms with Crippen molar-refractivity contribution in [1.82, 2.24) is 15.1 Å². The van der Waals surface area contributed by atoms with Gasteiger partial charge in [-0.1, -0.05) is 13.3 Å². The lowest BCUT2D eigenvalue weighted by Gasteiger charge is -2.40. The molecule has 0 spiro atoms. The lowest BCUT2D eigenvalue weighted by molar-refractivity contribution is -0.144. The largest absolute Gasteiger partial charge is 0.464 e. The van der Waals surface area contributed by atoms with Crippen molar-refractivity contribution in [1.29, 1.82) is 0 Å². The molecule has 2 aliphatic rings. The molecule has 0 bridgehead atoms. The van der Waals surface area contributed by atoms with E-state index in [-0.39, 0.29) is 55.1 Å². The number of Topliss-reactive ketones (excluding diaryl/α,β-unsaturated/α-hetero) is 1. The van der Waals surface area contributed by atoms with Crippen LogP contribution in [0.2, 0.25) is 0 Å². The van der Waals surface area contributed by atoms with Crippen LogP contribution in [0.3, 0.4) is 0 Å². The molecule has 29 heavy (non-hydrogen) atoms. The summed E-state index contributed by atoms with van der Waals surface area (Å²) in [5, 5.41) is 2.91. The number of amides is 2. The van der Waals surface area contributed by atoms with E-state index in [9.17, 15) is 19.2 Å². The van der Waals surface area contributed by atoms with Crippen LogP contribution in [0, 0.1) is 11.8 Å². The Morgan fingerprint density at radius 3 is 2.48 bits per heavy atom. The zero-order chi connectivity index (χ0) is 21.4. The zero-order valence-electron chi connectivity index (χ0n) is 17.9. The molecule has 3 unspecified atom stereocenters. The Morgan fingerprint density at radius 2 is 1.86 bits per heavy atom. The summed E-state index contributed by atoms with van der Waals surface area (Å²) in [7, 11) is 0. The van der Waals surface area contributed by atoms with Gasteiger partial charge >= 0.3 is 5.97 Å². The lowest BCUT2D eigenvalue weighted by Crippen LogP contribution is -2.57. The van der Waals surface area contributed by atoms with Gasteiger partial charge in [0.15, 0.2) is 0 Å². The maximum absolute atomic E-state index is 12.6. The average molecular weight is 410 g/mol. The molecule has 1 aliphatic carbocycles. The molecule has 164 valence electrons. The van der Waals surface area contributed by atoms with E-state index < -0.39 is 0 Å². The van der Waals surface area contributed by atoms with Gasteiger partial charge in [0, 0.05) is 45.4 Å². The average Bonchev–Trinajstić information content (AvgIpc) is 3.16. The summed E-state index contributed by atoms with van der Waals surface area (Å²) >= 11 is 0. The summed E-state index contributed by atoms with van der Waals surface area (Å²) in [5.41, 5.74) is 0. The van der Waals surface area contributed by atoms with E-state index in [2.05, 4.69) is 12.2 Å². The molecule has 8 heteroatoms. The fourth-order valence-corrected chi connectivity index (χ4v) is 4.26. The second-order valence-corrected chi connectivity index (χ2v) is 8.29. The fourth-order valence-electron chi connectivity index (χ4n) is 4.26. The van der Waals surface area contributed by atoms with Crippen molar-refractivity contribution in [2.24, 2.45) is 11.8 Å². The molecule has 2 rings (SSSR count). The molecule has 2 amide bonds. The summed E-state index contributed by atoms with van der Waals surface area (Å²) in [6.07, 6.45) is 4.37. The van der Waals surface area contributed by atoms with E-state index in [0.717, 1.165) is 25.7 Å². The standard InChI is InChI=1S/C21H35N3O5/c1-4-17-5-6-18(11-17)21(28)22-8-7-20(27)24-10-9-23(12-15(2)25)19(13-24)14-29-16(3)26/h17-19H,4-14H2,1-3H3,(H,22,28). The van der Waals surface area contributed by atoms with Crippen molar-refractivity contribution < 1.29 is 23.9 Å². The molecule has 1 N–H and O–H groups in total. The maximum atomic E-state index is 12.6. The Labute approximate surface area is 173 Å². The van der Waals surface area contributed by atoms with Crippen LogP contribution >= 0.6 is 0 Å². The number of carbonyl (C=O) groups is 4. The molecule has 8 nitrogen and oxygen atoms in total. The third kappa shape index (κ3) is 7.42. The van der Waals surface area contributed by atoms with E-state index in [1.54, 1.807) is 4.90 Å². The van der Waals surface area contributed by atoms with E-state index >= 15 is 0 Å². The van der Waals surface area contributed by atoms with Crippen LogP contribution in [0.15, 0.2) is 0 Å². The molecular formula is C21H35N3O5. The molecule has 1 heterocycles. The molecule has 2 fully saturated rings. The van der Waals surface area contributed by atoms with Crippen molar-refractivity contribution in [3.63, 3.8) is 0 Å². The van der Waals surface area contributed by atoms with Crippen molar-refractivity contribution in [3.05, 3.63) is 0 Å². The highest BCUT2D eigenvalue weighted by atomic mass is 16.5. The summed E-state index contributed by atoms with van der Waals surface area (Å²) < 4.78 is 5.12. The number of esters is 1. The smallest absolute Gasteiger partial charge is 0.302 e. The summed E-state index contributed by atoms with van der Waals surface area (Å²) in [6, 6.07) is -0.195. The Balaban J connectivity index is 1.78. The minimum Gasteiger partial charge on any atom is -0.464 e. The fraction of sp³-hybridized carbons (Fsp3) is 0.810. The molecule has 1 saturated carbocycles. The predicted octanol–water partition coefficient (Wildman–Crippen LogP) is 0.984. The summed E-state index contributed by atoms with van der Waals surface area (Å²) in [5.74, 6) is 0.422. The van der Waals surface area contributed by atoms with Gasteiger partial charge in [-0.05, 0) is 32.1 Å². The molecule has 0 aromatic heterocycles. The van der Waals surface area contributed by atoms with Crippen LogP contribution in [0.1, 0.15) is 52.9 Å². The Bertz CT molecular complexity index is 609. The van der Waals surface area contributed by atoms with Crippen molar-refractivity contribution >= 4 is 23.6 Å². The van der Waals surface area contributed by atoms with Crippen molar-refractivity contribution in [2.45, 2.75) is 58.9 Å². The minimum atomic E-state index is -0.379. The Morgan fingerprint density at radius 1 is 1.10 bits per heavy atom. The number of ether oxygens (including phenoxy) is 1. The van der Waals surface area contributed by atoms with Crippen molar-refractivity contribution in [3.8, 4) is 0 Å². The highest BCUT2D eigenvalue weighted by molar-refractivity contribution is 5.81. The van der Waals surface area contributed by atoms with Gasteiger partial charge in [0.05, 0.1) is 12.6 Å². The number of carbonyl (C=O) groups excluding carboxylic acids is 4. The van der Waals surface area contributed by atoms with Gasteiger partial charge in [-0.3, -0.25) is 24.1 Å². The van der Waals surface area contributed by atoms with Gasteiger partial charge in [-0.25, -0.2) is 0 Å². The lowest BCUT2D eigenvalue weighted by atomic mass is 10.0. The number of hydrogen-bond donors (Lipinski definition) is 1. The van der Waals surface area contributed by atoms with Crippen LogP contribution < -0.4 is 5.32 Å². The maximum Gasteiger partial charge on any atom is 0.302 e. The predicted molar refractivity (Wildman–Crippen MR) is 108 cm³/mol. The van der Waals surface area contributed by atoms with E-state index in [1.165, 1.54) is 13.8 Å². The number of nitrogens with zero attached hydrogens (tertiary/aromatic N) is 2. The first-order valence-corrected chi connectivity index (χ1v) is 10.7. The zero-order valence-corrected chi connectivity index (χ0v) is 17.9. The Kier molecular flexibility index (Phi) is 9.07. The van der Waals surface area contributed by atoms with Crippen LogP contribution in [0.25, 0.3) is 0 Å². The first-order chi connectivity index (χ1) is 13.8. The van der Waals surface area contributed by atoms with Crippen molar-refractivity contribution in [2.75, 3.05) is 39.3 Å². The monoisotopic (exact) mass is 409 g/mol. The number of nitrogens with one attached hydrogen (secondary N) is 1. The minimum absolute atomic E-state index is 0.0292. The van der Waals surface area contributed by atoms with Gasteiger partial charge in [0.2, 0.25) is 11.8 Å². The molecule has 0 aromatic carbocycles. The number of ketones is 1. The van der Waals surface area contributed by atoms with Gasteiger partial charge < -0.3 is 15.0 Å². The molecule has 3 atom stereocenters. The number of piperazine rings is 1. The summed E-state index contributed by atoms with van der Waals surface area (Å²) in [6.45, 7) is 7.30. The Hall–Kier alpha value is -1.96. The van der Waals surface area contributed by atoms with Crippen LogP contribution in [0.4, 0.5) is 0 Å². The van der Waals surface area contributed by atoms with Gasteiger partial charge in [-0.15, -0.1) is 0 Å². The topological polar surface area (TPSA) is 96.0 Å². The number of rotatable bonds is 9. The van der Waals surface area contributed by atoms with Gasteiger partial charge in [-0.2, -0.15) is 0 Å². The van der Waals surface area contributed by atoms with Crippen LogP contribution in [-0.2, 0) is 23.9 Å². The molecule has 1 saturated heterocycles. The first-order valence-electron chi connectivity index (χ1n) is 10.7. The molecule has 0 radical (unpaired) electrons. The SMILES string of the molecule is CCC1CCC(C(=O)NCCC(=O)N2CCN(CC(C)=O)C(COC(C)=O)C2)C1. The first kappa shape index (κ1) is 23.3. The van der Waals surface area contributed by atoms with Gasteiger partial charge in [0.25, 0.3) is 0 Å². The normalized spacial score (nSPS) is 24.9. The quantitative estimate of drug-likeness (QED) is 0.571. The molecule has 0 aromatic rings. The third-order valence-electron chi connectivity index (χ3n) is 5.99. The highest BCUT2D eigenvalue weighted by Crippen LogP contribution is 2.32. The second kappa shape index (κ2) is 11.3. The van der Waals surface area contributed by atoms with E-state index in [1.807, 2.05) is 4.90 Å². The van der Waals surface area contributed by atoms with E-state index in [0.29, 0.717) is 32.1 Å². The van der Waals surface area contributed by atoms with Crippen LogP contribution in [-0.4, -0.2) is 78.7 Å². The van der Waals surface area contributed by atoms with Gasteiger partial charge in [0.1, 0.15) is 12.4 Å². The summed E-state index contributed by atoms with van der Waals surface area (Å²) in [4.78, 5) is 51.2.